The van der Waals surface area contributed by atoms with Gasteiger partial charge in [0.1, 0.15) is 0 Å². The Balaban J connectivity index is 1.27. The molecule has 6 heteroatoms. The number of carbonyl (C=O) groups excluding carboxylic acids is 1. The van der Waals surface area contributed by atoms with Gasteiger partial charge in [-0.3, -0.25) is 9.69 Å². The molecular weight excluding hydrogens is 378 g/mol. The Morgan fingerprint density at radius 2 is 1.70 bits per heavy atom. The van der Waals surface area contributed by atoms with E-state index in [1.165, 1.54) is 17.4 Å². The van der Waals surface area contributed by atoms with Crippen LogP contribution in [0, 0.1) is 0 Å². The third-order valence-electron chi connectivity index (χ3n) is 4.66. The molecule has 0 radical (unpaired) electrons. The minimum Gasteiger partial charge on any atom is -0.369 e. The molecule has 1 aliphatic heterocycles. The average molecular weight is 404 g/mol. The number of benzene rings is 2. The summed E-state index contributed by atoms with van der Waals surface area (Å²) in [4.78, 5) is 17.8. The van der Waals surface area contributed by atoms with Crippen molar-refractivity contribution in [3.8, 4) is 0 Å². The first-order chi connectivity index (χ1) is 13.2. The monoisotopic (exact) mass is 403 g/mol. The van der Waals surface area contributed by atoms with Gasteiger partial charge in [0.05, 0.1) is 10.8 Å². The van der Waals surface area contributed by atoms with Crippen molar-refractivity contribution in [2.75, 3.05) is 49.9 Å². The number of rotatable bonds is 8. The highest BCUT2D eigenvalue weighted by Gasteiger charge is 2.16. The van der Waals surface area contributed by atoms with E-state index in [4.69, 9.17) is 11.6 Å². The van der Waals surface area contributed by atoms with Gasteiger partial charge in [-0.25, -0.2) is 0 Å². The van der Waals surface area contributed by atoms with Gasteiger partial charge in [-0.2, -0.15) is 0 Å². The van der Waals surface area contributed by atoms with Crippen molar-refractivity contribution >= 4 is 35.0 Å². The van der Waals surface area contributed by atoms with E-state index < -0.39 is 0 Å². The Morgan fingerprint density at radius 1 is 1.00 bits per heavy atom. The van der Waals surface area contributed by atoms with Crippen LogP contribution in [-0.4, -0.2) is 55.8 Å². The van der Waals surface area contributed by atoms with Crippen LogP contribution in [0.25, 0.3) is 0 Å². The summed E-state index contributed by atoms with van der Waals surface area (Å²) in [5.74, 6) is 0.466. The molecule has 4 nitrogen and oxygen atoms in total. The fourth-order valence-corrected chi connectivity index (χ4v) is 4.22. The smallest absolute Gasteiger partial charge is 0.230 e. The Kier molecular flexibility index (Phi) is 7.87. The highest BCUT2D eigenvalue weighted by molar-refractivity contribution is 8.00. The number of thioether (sulfide) groups is 1. The molecule has 144 valence electrons. The number of nitrogens with one attached hydrogen (secondary N) is 1. The number of halogens is 1. The molecule has 3 rings (SSSR count). The van der Waals surface area contributed by atoms with Gasteiger partial charge in [0.2, 0.25) is 5.91 Å². The summed E-state index contributed by atoms with van der Waals surface area (Å²) in [6, 6.07) is 18.2. The van der Waals surface area contributed by atoms with Gasteiger partial charge >= 0.3 is 0 Å². The van der Waals surface area contributed by atoms with Gasteiger partial charge in [-0.05, 0) is 37.2 Å². The third-order valence-corrected chi connectivity index (χ3v) is 6.18. The van der Waals surface area contributed by atoms with Crippen molar-refractivity contribution in [3.63, 3.8) is 0 Å². The molecule has 1 amide bonds. The molecule has 0 aliphatic carbocycles. The molecule has 1 heterocycles. The molecule has 0 unspecified atom stereocenters. The number of anilines is 1. The van der Waals surface area contributed by atoms with Crippen LogP contribution in [0.5, 0.6) is 0 Å². The van der Waals surface area contributed by atoms with Crippen molar-refractivity contribution < 1.29 is 4.79 Å². The van der Waals surface area contributed by atoms with Crippen LogP contribution in [0.1, 0.15) is 6.42 Å². The van der Waals surface area contributed by atoms with Crippen LogP contribution in [-0.2, 0) is 4.79 Å². The van der Waals surface area contributed by atoms with Gasteiger partial charge in [0, 0.05) is 43.3 Å². The largest absolute Gasteiger partial charge is 0.369 e. The Hall–Kier alpha value is -1.69. The molecule has 2 aromatic carbocycles. The lowest BCUT2D eigenvalue weighted by molar-refractivity contribution is -0.118. The second-order valence-corrected chi connectivity index (χ2v) is 8.01. The molecular formula is C21H26ClN3OS. The summed E-state index contributed by atoms with van der Waals surface area (Å²) >= 11 is 7.59. The van der Waals surface area contributed by atoms with E-state index in [9.17, 15) is 4.79 Å². The molecule has 1 fully saturated rings. The van der Waals surface area contributed by atoms with Crippen molar-refractivity contribution in [1.29, 1.82) is 0 Å². The number of hydrogen-bond acceptors (Lipinski definition) is 4. The van der Waals surface area contributed by atoms with Crippen molar-refractivity contribution in [1.82, 2.24) is 10.2 Å². The molecule has 2 aromatic rings. The fraction of sp³-hybridized carbons (Fsp3) is 0.381. The van der Waals surface area contributed by atoms with Crippen LogP contribution in [0.4, 0.5) is 5.69 Å². The SMILES string of the molecule is O=C(CSc1ccccc1Cl)NCCCN1CCN(c2ccccc2)CC1. The Bertz CT molecular complexity index is 720. The zero-order valence-electron chi connectivity index (χ0n) is 15.4. The highest BCUT2D eigenvalue weighted by Crippen LogP contribution is 2.26. The number of amides is 1. The summed E-state index contributed by atoms with van der Waals surface area (Å²) in [7, 11) is 0. The summed E-state index contributed by atoms with van der Waals surface area (Å²) < 4.78 is 0. The number of nitrogens with zero attached hydrogens (tertiary/aromatic N) is 2. The quantitative estimate of drug-likeness (QED) is 0.537. The molecule has 1 saturated heterocycles. The average Bonchev–Trinajstić information content (AvgIpc) is 2.72. The number of hydrogen-bond donors (Lipinski definition) is 1. The van der Waals surface area contributed by atoms with Crippen molar-refractivity contribution in [2.45, 2.75) is 11.3 Å². The second kappa shape index (κ2) is 10.6. The maximum Gasteiger partial charge on any atom is 0.230 e. The third kappa shape index (κ3) is 6.45. The summed E-state index contributed by atoms with van der Waals surface area (Å²) in [5, 5.41) is 3.71. The maximum absolute atomic E-state index is 12.0. The summed E-state index contributed by atoms with van der Waals surface area (Å²) in [6.45, 7) is 6.02. The van der Waals surface area contributed by atoms with Crippen LogP contribution < -0.4 is 10.2 Å². The van der Waals surface area contributed by atoms with E-state index in [-0.39, 0.29) is 5.91 Å². The van der Waals surface area contributed by atoms with E-state index in [0.29, 0.717) is 10.8 Å². The first-order valence-corrected chi connectivity index (χ1v) is 10.7. The fourth-order valence-electron chi connectivity index (χ4n) is 3.16. The van der Waals surface area contributed by atoms with Gasteiger partial charge in [-0.1, -0.05) is 41.9 Å². The Morgan fingerprint density at radius 3 is 2.44 bits per heavy atom. The highest BCUT2D eigenvalue weighted by atomic mass is 35.5. The van der Waals surface area contributed by atoms with Gasteiger partial charge in [0.25, 0.3) is 0 Å². The van der Waals surface area contributed by atoms with Crippen molar-refractivity contribution in [3.05, 3.63) is 59.6 Å². The number of piperazine rings is 1. The number of carbonyl (C=O) groups is 1. The van der Waals surface area contributed by atoms with E-state index in [0.717, 1.165) is 50.6 Å². The summed E-state index contributed by atoms with van der Waals surface area (Å²) in [5.41, 5.74) is 1.31. The van der Waals surface area contributed by atoms with Crippen molar-refractivity contribution in [2.24, 2.45) is 0 Å². The molecule has 0 atom stereocenters. The van der Waals surface area contributed by atoms with E-state index in [1.807, 2.05) is 24.3 Å². The van der Waals surface area contributed by atoms with E-state index >= 15 is 0 Å². The van der Waals surface area contributed by atoms with Crippen LogP contribution in [0.15, 0.2) is 59.5 Å². The molecule has 1 aliphatic rings. The molecule has 0 spiro atoms. The molecule has 0 saturated carbocycles. The molecule has 1 N–H and O–H groups in total. The maximum atomic E-state index is 12.0. The van der Waals surface area contributed by atoms with Crippen LogP contribution in [0.3, 0.4) is 0 Å². The molecule has 0 bridgehead atoms. The van der Waals surface area contributed by atoms with E-state index in [1.54, 1.807) is 0 Å². The first kappa shape index (κ1) is 20.1. The summed E-state index contributed by atoms with van der Waals surface area (Å²) in [6.07, 6.45) is 0.980. The second-order valence-electron chi connectivity index (χ2n) is 6.59. The van der Waals surface area contributed by atoms with Gasteiger partial charge in [-0.15, -0.1) is 11.8 Å². The topological polar surface area (TPSA) is 35.6 Å². The lowest BCUT2D eigenvalue weighted by Gasteiger charge is -2.36. The molecule has 0 aromatic heterocycles. The predicted molar refractivity (Wildman–Crippen MR) is 115 cm³/mol. The predicted octanol–water partition coefficient (Wildman–Crippen LogP) is 3.76. The lowest BCUT2D eigenvalue weighted by atomic mass is 10.2. The molecule has 27 heavy (non-hydrogen) atoms. The minimum absolute atomic E-state index is 0.0637. The van der Waals surface area contributed by atoms with Crippen LogP contribution >= 0.6 is 23.4 Å². The van der Waals surface area contributed by atoms with E-state index in [2.05, 4.69) is 45.4 Å². The van der Waals surface area contributed by atoms with Gasteiger partial charge in [0.15, 0.2) is 0 Å². The van der Waals surface area contributed by atoms with Crippen LogP contribution in [0.2, 0.25) is 5.02 Å². The standard InChI is InChI=1S/C21H26ClN3OS/c22-19-9-4-5-10-20(19)27-17-21(26)23-11-6-12-24-13-15-25(16-14-24)18-7-2-1-3-8-18/h1-5,7-10H,6,11-17H2,(H,23,26). The van der Waals surface area contributed by atoms with Gasteiger partial charge < -0.3 is 10.2 Å². The zero-order chi connectivity index (χ0) is 18.9. The first-order valence-electron chi connectivity index (χ1n) is 9.39. The number of para-hydroxylation sites is 1. The minimum atomic E-state index is 0.0637. The Labute approximate surface area is 170 Å². The zero-order valence-corrected chi connectivity index (χ0v) is 17.0. The lowest BCUT2D eigenvalue weighted by Crippen LogP contribution is -2.47. The normalized spacial score (nSPS) is 14.9.